The number of hydrogen-bond donors (Lipinski definition) is 1. The lowest BCUT2D eigenvalue weighted by atomic mass is 10.3. The number of nitrogen functional groups attached to an aromatic ring is 1. The van der Waals surface area contributed by atoms with Gasteiger partial charge >= 0.3 is 6.18 Å². The summed E-state index contributed by atoms with van der Waals surface area (Å²) in [6.07, 6.45) is -3.55. The monoisotopic (exact) mass is 216 g/mol. The average Bonchev–Trinajstić information content (AvgIpc) is 2.41. The number of hydrogen-bond acceptors (Lipinski definition) is 3. The third-order valence-corrected chi connectivity index (χ3v) is 1.90. The second-order valence-electron chi connectivity index (χ2n) is 3.12. The van der Waals surface area contributed by atoms with Crippen LogP contribution in [0.25, 0.3) is 5.65 Å². The molecule has 80 valence electrons. The summed E-state index contributed by atoms with van der Waals surface area (Å²) in [5.41, 5.74) is 4.41. The predicted molar refractivity (Wildman–Crippen MR) is 47.1 cm³/mol. The lowest BCUT2D eigenvalue weighted by molar-refractivity contribution is -0.141. The fourth-order valence-electron chi connectivity index (χ4n) is 1.35. The first-order chi connectivity index (χ1) is 6.89. The van der Waals surface area contributed by atoms with E-state index in [0.717, 1.165) is 6.20 Å². The van der Waals surface area contributed by atoms with E-state index >= 15 is 0 Å². The molecule has 0 radical (unpaired) electrons. The highest BCUT2D eigenvalue weighted by atomic mass is 19.4. The highest BCUT2D eigenvalue weighted by Gasteiger charge is 2.37. The number of aromatic nitrogens is 3. The molecule has 0 bridgehead atoms. The van der Waals surface area contributed by atoms with Gasteiger partial charge in [-0.05, 0) is 6.92 Å². The van der Waals surface area contributed by atoms with E-state index in [1.807, 2.05) is 0 Å². The van der Waals surface area contributed by atoms with E-state index in [2.05, 4.69) is 10.1 Å². The van der Waals surface area contributed by atoms with Crippen LogP contribution >= 0.6 is 0 Å². The number of aryl methyl sites for hydroxylation is 1. The van der Waals surface area contributed by atoms with Crippen molar-refractivity contribution in [1.82, 2.24) is 14.6 Å². The van der Waals surface area contributed by atoms with Gasteiger partial charge in [-0.2, -0.15) is 18.3 Å². The molecule has 0 aliphatic carbocycles. The molecule has 0 saturated carbocycles. The zero-order valence-corrected chi connectivity index (χ0v) is 7.71. The Balaban J connectivity index is 2.85. The summed E-state index contributed by atoms with van der Waals surface area (Å²) in [7, 11) is 0. The van der Waals surface area contributed by atoms with Gasteiger partial charge in [0.15, 0.2) is 11.3 Å². The maximum Gasteiger partial charge on any atom is 0.435 e. The molecule has 2 heterocycles. The Morgan fingerprint density at radius 1 is 1.40 bits per heavy atom. The van der Waals surface area contributed by atoms with Crippen LogP contribution in [-0.2, 0) is 6.18 Å². The van der Waals surface area contributed by atoms with E-state index in [1.165, 1.54) is 6.07 Å². The summed E-state index contributed by atoms with van der Waals surface area (Å²) in [5.74, 6) is 0. The molecule has 0 unspecified atom stereocenters. The van der Waals surface area contributed by atoms with Crippen LogP contribution in [0.15, 0.2) is 12.3 Å². The molecule has 4 nitrogen and oxygen atoms in total. The van der Waals surface area contributed by atoms with Crippen LogP contribution in [0.2, 0.25) is 0 Å². The van der Waals surface area contributed by atoms with Crippen molar-refractivity contribution in [2.24, 2.45) is 0 Å². The minimum Gasteiger partial charge on any atom is -0.396 e. The molecule has 0 atom stereocenters. The van der Waals surface area contributed by atoms with Gasteiger partial charge in [0.05, 0.1) is 17.6 Å². The second kappa shape index (κ2) is 2.85. The van der Waals surface area contributed by atoms with E-state index in [4.69, 9.17) is 5.73 Å². The van der Waals surface area contributed by atoms with E-state index in [9.17, 15) is 13.2 Å². The van der Waals surface area contributed by atoms with Crippen LogP contribution < -0.4 is 5.73 Å². The Hall–Kier alpha value is -1.79. The van der Waals surface area contributed by atoms with Crippen molar-refractivity contribution >= 4 is 11.3 Å². The summed E-state index contributed by atoms with van der Waals surface area (Å²) in [6, 6.07) is 1.45. The van der Waals surface area contributed by atoms with Gasteiger partial charge in [-0.25, -0.2) is 9.50 Å². The smallest absolute Gasteiger partial charge is 0.396 e. The SMILES string of the molecule is Cc1cc2ncc(N)c(C(F)(F)F)n2n1. The van der Waals surface area contributed by atoms with E-state index < -0.39 is 17.6 Å². The Morgan fingerprint density at radius 2 is 2.07 bits per heavy atom. The number of anilines is 1. The summed E-state index contributed by atoms with van der Waals surface area (Å²) < 4.78 is 38.6. The molecule has 0 aliphatic heterocycles. The standard InChI is InChI=1S/C8H7F3N4/c1-4-2-6-13-3-5(12)7(8(9,10)11)15(6)14-4/h2-3H,12H2,1H3. The largest absolute Gasteiger partial charge is 0.435 e. The van der Waals surface area contributed by atoms with Gasteiger partial charge < -0.3 is 5.73 Å². The second-order valence-corrected chi connectivity index (χ2v) is 3.12. The Bertz CT molecular complexity index is 514. The molecule has 2 rings (SSSR count). The zero-order chi connectivity index (χ0) is 11.2. The zero-order valence-electron chi connectivity index (χ0n) is 7.71. The molecule has 0 aliphatic rings. The van der Waals surface area contributed by atoms with Gasteiger partial charge in [-0.3, -0.25) is 0 Å². The first kappa shape index (κ1) is 9.75. The van der Waals surface area contributed by atoms with Crippen molar-refractivity contribution in [2.45, 2.75) is 13.1 Å². The molecule has 0 amide bonds. The fourth-order valence-corrected chi connectivity index (χ4v) is 1.35. The third-order valence-electron chi connectivity index (χ3n) is 1.90. The molecule has 0 fully saturated rings. The fraction of sp³-hybridized carbons (Fsp3) is 0.250. The first-order valence-electron chi connectivity index (χ1n) is 4.07. The summed E-state index contributed by atoms with van der Waals surface area (Å²) in [6.45, 7) is 1.59. The molecular formula is C8H7F3N4. The van der Waals surface area contributed by atoms with Crippen molar-refractivity contribution in [3.8, 4) is 0 Å². The van der Waals surface area contributed by atoms with Gasteiger partial charge in [0.25, 0.3) is 0 Å². The summed E-state index contributed by atoms with van der Waals surface area (Å²) in [4.78, 5) is 3.75. The van der Waals surface area contributed by atoms with Crippen LogP contribution in [0.3, 0.4) is 0 Å². The van der Waals surface area contributed by atoms with Crippen molar-refractivity contribution < 1.29 is 13.2 Å². The van der Waals surface area contributed by atoms with E-state index in [0.29, 0.717) is 10.2 Å². The average molecular weight is 216 g/mol. The Labute approximate surface area is 82.5 Å². The van der Waals surface area contributed by atoms with Crippen molar-refractivity contribution in [1.29, 1.82) is 0 Å². The molecule has 2 aromatic rings. The number of rotatable bonds is 0. The number of alkyl halides is 3. The minimum absolute atomic E-state index is 0.133. The maximum atomic E-state index is 12.6. The van der Waals surface area contributed by atoms with E-state index in [1.54, 1.807) is 6.92 Å². The Kier molecular flexibility index (Phi) is 1.85. The van der Waals surface area contributed by atoms with Crippen LogP contribution in [-0.4, -0.2) is 14.6 Å². The molecular weight excluding hydrogens is 209 g/mol. The maximum absolute atomic E-state index is 12.6. The van der Waals surface area contributed by atoms with Crippen LogP contribution in [0.5, 0.6) is 0 Å². The summed E-state index contributed by atoms with van der Waals surface area (Å²) in [5, 5.41) is 3.69. The predicted octanol–water partition coefficient (Wildman–Crippen LogP) is 1.64. The topological polar surface area (TPSA) is 56.2 Å². The van der Waals surface area contributed by atoms with Crippen LogP contribution in [0.4, 0.5) is 18.9 Å². The third kappa shape index (κ3) is 1.49. The highest BCUT2D eigenvalue weighted by molar-refractivity contribution is 5.51. The molecule has 7 heteroatoms. The highest BCUT2D eigenvalue weighted by Crippen LogP contribution is 2.33. The quantitative estimate of drug-likeness (QED) is 0.728. The van der Waals surface area contributed by atoms with Gasteiger partial charge in [0.2, 0.25) is 0 Å². The molecule has 0 spiro atoms. The molecule has 0 aromatic carbocycles. The van der Waals surface area contributed by atoms with Crippen molar-refractivity contribution in [2.75, 3.05) is 5.73 Å². The molecule has 2 N–H and O–H groups in total. The minimum atomic E-state index is -4.54. The van der Waals surface area contributed by atoms with Gasteiger partial charge in [0, 0.05) is 6.07 Å². The summed E-state index contributed by atoms with van der Waals surface area (Å²) >= 11 is 0. The van der Waals surface area contributed by atoms with Crippen molar-refractivity contribution in [3.63, 3.8) is 0 Å². The van der Waals surface area contributed by atoms with Gasteiger partial charge in [0.1, 0.15) is 0 Å². The molecule has 2 aromatic heterocycles. The normalized spacial score (nSPS) is 12.3. The number of nitrogens with zero attached hydrogens (tertiary/aromatic N) is 3. The molecule has 0 saturated heterocycles. The van der Waals surface area contributed by atoms with Gasteiger partial charge in [-0.1, -0.05) is 0 Å². The number of halogens is 3. The molecule has 15 heavy (non-hydrogen) atoms. The number of fused-ring (bicyclic) bond motifs is 1. The van der Waals surface area contributed by atoms with Crippen LogP contribution in [0.1, 0.15) is 11.4 Å². The lowest BCUT2D eigenvalue weighted by Crippen LogP contribution is -2.16. The lowest BCUT2D eigenvalue weighted by Gasteiger charge is -2.10. The van der Waals surface area contributed by atoms with Crippen LogP contribution in [0, 0.1) is 6.92 Å². The Morgan fingerprint density at radius 3 is 2.67 bits per heavy atom. The van der Waals surface area contributed by atoms with Crippen molar-refractivity contribution in [3.05, 3.63) is 23.7 Å². The number of nitrogens with two attached hydrogens (primary N) is 1. The van der Waals surface area contributed by atoms with E-state index in [-0.39, 0.29) is 5.65 Å². The van der Waals surface area contributed by atoms with Gasteiger partial charge in [-0.15, -0.1) is 0 Å². The first-order valence-corrected chi connectivity index (χ1v) is 4.07.